The lowest BCUT2D eigenvalue weighted by atomic mass is 9.98. The smallest absolute Gasteiger partial charge is 0.123 e. The number of aromatic hydroxyl groups is 1. The number of hydrogen-bond acceptors (Lipinski definition) is 3. The maximum absolute atomic E-state index is 9.46. The number of nitrogens with two attached hydrogens (primary N) is 1. The molecule has 0 saturated carbocycles. The maximum Gasteiger partial charge on any atom is 0.123 e. The second-order valence-electron chi connectivity index (χ2n) is 5.01. The van der Waals surface area contributed by atoms with Crippen molar-refractivity contribution >= 4 is 0 Å². The van der Waals surface area contributed by atoms with Crippen molar-refractivity contribution in [1.29, 1.82) is 0 Å². The summed E-state index contributed by atoms with van der Waals surface area (Å²) in [7, 11) is 0. The van der Waals surface area contributed by atoms with E-state index in [0.717, 1.165) is 17.7 Å². The zero-order chi connectivity index (χ0) is 13.2. The lowest BCUT2D eigenvalue weighted by molar-refractivity contribution is 0.198. The van der Waals surface area contributed by atoms with Crippen molar-refractivity contribution in [3.63, 3.8) is 0 Å². The Morgan fingerprint density at radius 2 is 2.05 bits per heavy atom. The Hall–Kier alpha value is -2.00. The van der Waals surface area contributed by atoms with E-state index in [1.165, 1.54) is 5.56 Å². The van der Waals surface area contributed by atoms with Gasteiger partial charge in [-0.05, 0) is 35.7 Å². The molecule has 98 valence electrons. The predicted molar refractivity (Wildman–Crippen MR) is 74.3 cm³/mol. The van der Waals surface area contributed by atoms with E-state index in [-0.39, 0.29) is 17.9 Å². The van der Waals surface area contributed by atoms with Gasteiger partial charge in [-0.1, -0.05) is 30.3 Å². The molecule has 2 atom stereocenters. The van der Waals surface area contributed by atoms with Gasteiger partial charge in [0.2, 0.25) is 0 Å². The number of fused-ring (bicyclic) bond motifs is 1. The van der Waals surface area contributed by atoms with Gasteiger partial charge >= 0.3 is 0 Å². The van der Waals surface area contributed by atoms with Gasteiger partial charge < -0.3 is 15.6 Å². The second-order valence-corrected chi connectivity index (χ2v) is 5.01. The standard InChI is InChI=1S/C16H17NO2/c17-14(9-11-4-3-6-13(18)8-11)16-10-12-5-1-2-7-15(12)19-16/h1-8,14,16,18H,9-10,17H2. The molecule has 3 rings (SSSR count). The van der Waals surface area contributed by atoms with Crippen LogP contribution in [-0.2, 0) is 12.8 Å². The van der Waals surface area contributed by atoms with Gasteiger partial charge in [-0.3, -0.25) is 0 Å². The summed E-state index contributed by atoms with van der Waals surface area (Å²) < 4.78 is 5.88. The average Bonchev–Trinajstić information content (AvgIpc) is 2.82. The van der Waals surface area contributed by atoms with Gasteiger partial charge in [0.25, 0.3) is 0 Å². The Morgan fingerprint density at radius 1 is 1.21 bits per heavy atom. The van der Waals surface area contributed by atoms with Crippen LogP contribution in [0.4, 0.5) is 0 Å². The van der Waals surface area contributed by atoms with Gasteiger partial charge in [0.15, 0.2) is 0 Å². The molecule has 2 aromatic carbocycles. The highest BCUT2D eigenvalue weighted by Gasteiger charge is 2.27. The van der Waals surface area contributed by atoms with Crippen LogP contribution in [0, 0.1) is 0 Å². The van der Waals surface area contributed by atoms with E-state index >= 15 is 0 Å². The van der Waals surface area contributed by atoms with Gasteiger partial charge in [-0.2, -0.15) is 0 Å². The first-order valence-corrected chi connectivity index (χ1v) is 6.50. The quantitative estimate of drug-likeness (QED) is 0.884. The minimum Gasteiger partial charge on any atom is -0.508 e. The predicted octanol–water partition coefficient (Wildman–Crippen LogP) is 2.27. The van der Waals surface area contributed by atoms with Gasteiger partial charge in [0.1, 0.15) is 17.6 Å². The summed E-state index contributed by atoms with van der Waals surface area (Å²) in [6.07, 6.45) is 1.57. The molecule has 2 unspecified atom stereocenters. The number of phenols is 1. The van der Waals surface area contributed by atoms with Gasteiger partial charge in [0.05, 0.1) is 0 Å². The van der Waals surface area contributed by atoms with E-state index in [1.54, 1.807) is 12.1 Å². The summed E-state index contributed by atoms with van der Waals surface area (Å²) in [5.41, 5.74) is 8.49. The van der Waals surface area contributed by atoms with Crippen molar-refractivity contribution in [3.05, 3.63) is 59.7 Å². The SMILES string of the molecule is NC(Cc1cccc(O)c1)C1Cc2ccccc2O1. The number of ether oxygens (including phenoxy) is 1. The number of rotatable bonds is 3. The van der Waals surface area contributed by atoms with Gasteiger partial charge in [-0.25, -0.2) is 0 Å². The van der Waals surface area contributed by atoms with Crippen LogP contribution in [-0.4, -0.2) is 17.3 Å². The monoisotopic (exact) mass is 255 g/mol. The molecule has 0 aromatic heterocycles. The molecule has 2 aromatic rings. The molecule has 3 nitrogen and oxygen atoms in total. The molecule has 1 aliphatic rings. The summed E-state index contributed by atoms with van der Waals surface area (Å²) in [5.74, 6) is 1.22. The third-order valence-corrected chi connectivity index (χ3v) is 3.53. The van der Waals surface area contributed by atoms with Gasteiger partial charge in [0, 0.05) is 12.5 Å². The molecule has 1 heterocycles. The number of para-hydroxylation sites is 1. The Bertz CT molecular complexity index is 557. The topological polar surface area (TPSA) is 55.5 Å². The molecule has 19 heavy (non-hydrogen) atoms. The zero-order valence-corrected chi connectivity index (χ0v) is 10.6. The summed E-state index contributed by atoms with van der Waals surface area (Å²) in [6, 6.07) is 15.2. The summed E-state index contributed by atoms with van der Waals surface area (Å²) in [5, 5.41) is 9.46. The van der Waals surface area contributed by atoms with Crippen LogP contribution in [0.3, 0.4) is 0 Å². The minimum absolute atomic E-state index is 0.0137. The van der Waals surface area contributed by atoms with Crippen LogP contribution >= 0.6 is 0 Å². The Balaban J connectivity index is 1.68. The summed E-state index contributed by atoms with van der Waals surface area (Å²) in [6.45, 7) is 0. The van der Waals surface area contributed by atoms with Crippen molar-refractivity contribution in [2.75, 3.05) is 0 Å². The highest BCUT2D eigenvalue weighted by molar-refractivity contribution is 5.38. The minimum atomic E-state index is -0.0748. The van der Waals surface area contributed by atoms with Crippen LogP contribution < -0.4 is 10.5 Å². The third kappa shape index (κ3) is 2.56. The van der Waals surface area contributed by atoms with Crippen LogP contribution in [0.2, 0.25) is 0 Å². The molecule has 1 aliphatic heterocycles. The molecular weight excluding hydrogens is 238 g/mol. The Morgan fingerprint density at radius 3 is 2.84 bits per heavy atom. The first-order valence-electron chi connectivity index (χ1n) is 6.50. The van der Waals surface area contributed by atoms with Crippen LogP contribution in [0.15, 0.2) is 48.5 Å². The van der Waals surface area contributed by atoms with E-state index in [0.29, 0.717) is 6.42 Å². The first kappa shape index (κ1) is 12.1. The molecule has 3 heteroatoms. The third-order valence-electron chi connectivity index (χ3n) is 3.53. The largest absolute Gasteiger partial charge is 0.508 e. The maximum atomic E-state index is 9.46. The lowest BCUT2D eigenvalue weighted by Crippen LogP contribution is -2.39. The van der Waals surface area contributed by atoms with E-state index in [1.807, 2.05) is 30.3 Å². The highest BCUT2D eigenvalue weighted by Crippen LogP contribution is 2.29. The lowest BCUT2D eigenvalue weighted by Gasteiger charge is -2.19. The van der Waals surface area contributed by atoms with Crippen molar-refractivity contribution < 1.29 is 9.84 Å². The van der Waals surface area contributed by atoms with E-state index in [9.17, 15) is 5.11 Å². The fourth-order valence-corrected chi connectivity index (χ4v) is 2.53. The second kappa shape index (κ2) is 4.94. The molecule has 3 N–H and O–H groups in total. The molecule has 0 bridgehead atoms. The van der Waals surface area contributed by atoms with Crippen LogP contribution in [0.5, 0.6) is 11.5 Å². The van der Waals surface area contributed by atoms with E-state index < -0.39 is 0 Å². The Labute approximate surface area is 112 Å². The van der Waals surface area contributed by atoms with Crippen molar-refractivity contribution in [2.24, 2.45) is 5.73 Å². The van der Waals surface area contributed by atoms with Crippen LogP contribution in [0.1, 0.15) is 11.1 Å². The van der Waals surface area contributed by atoms with Crippen LogP contribution in [0.25, 0.3) is 0 Å². The molecule has 0 aliphatic carbocycles. The van der Waals surface area contributed by atoms with Crippen molar-refractivity contribution in [1.82, 2.24) is 0 Å². The number of hydrogen-bond donors (Lipinski definition) is 2. The number of benzene rings is 2. The van der Waals surface area contributed by atoms with Crippen molar-refractivity contribution in [3.8, 4) is 11.5 Å². The summed E-state index contributed by atoms with van der Waals surface area (Å²) in [4.78, 5) is 0. The van der Waals surface area contributed by atoms with Gasteiger partial charge in [-0.15, -0.1) is 0 Å². The zero-order valence-electron chi connectivity index (χ0n) is 10.6. The number of phenolic OH excluding ortho intramolecular Hbond substituents is 1. The molecular formula is C16H17NO2. The molecule has 0 radical (unpaired) electrons. The fraction of sp³-hybridized carbons (Fsp3) is 0.250. The average molecular weight is 255 g/mol. The molecule has 0 saturated heterocycles. The van der Waals surface area contributed by atoms with E-state index in [2.05, 4.69) is 6.07 Å². The highest BCUT2D eigenvalue weighted by atomic mass is 16.5. The molecule has 0 amide bonds. The molecule has 0 fully saturated rings. The first-order chi connectivity index (χ1) is 9.22. The summed E-state index contributed by atoms with van der Waals surface area (Å²) >= 11 is 0. The van der Waals surface area contributed by atoms with Crippen molar-refractivity contribution in [2.45, 2.75) is 25.0 Å². The van der Waals surface area contributed by atoms with E-state index in [4.69, 9.17) is 10.5 Å². The Kier molecular flexibility index (Phi) is 3.13. The fourth-order valence-electron chi connectivity index (χ4n) is 2.53. The normalized spacial score (nSPS) is 18.7. The molecule has 0 spiro atoms.